The Balaban J connectivity index is 1.50. The Labute approximate surface area is 157 Å². The number of carbonyl (C=O) groups excluding carboxylic acids is 1. The van der Waals surface area contributed by atoms with Gasteiger partial charge in [0, 0.05) is 44.5 Å². The van der Waals surface area contributed by atoms with Crippen LogP contribution >= 0.6 is 0 Å². The van der Waals surface area contributed by atoms with Crippen LogP contribution in [0.5, 0.6) is 0 Å². The summed E-state index contributed by atoms with van der Waals surface area (Å²) in [5, 5.41) is 12.7. The molecule has 9 heteroatoms. The third kappa shape index (κ3) is 3.36. The van der Waals surface area contributed by atoms with E-state index in [1.165, 1.54) is 0 Å². The number of hydrogen-bond donors (Lipinski definition) is 0. The van der Waals surface area contributed by atoms with E-state index >= 15 is 0 Å². The van der Waals surface area contributed by atoms with Gasteiger partial charge < -0.3 is 18.6 Å². The maximum absolute atomic E-state index is 12.7. The molecular weight excluding hydrogens is 346 g/mol. The molecule has 3 aromatic rings. The molecule has 0 radical (unpaired) electrons. The molecule has 3 aromatic heterocycles. The minimum Gasteiger partial charge on any atom is -0.361 e. The topological polar surface area (TPSA) is 94.9 Å². The summed E-state index contributed by atoms with van der Waals surface area (Å²) in [6.07, 6.45) is 5.63. The van der Waals surface area contributed by atoms with Gasteiger partial charge in [-0.25, -0.2) is 4.98 Å². The van der Waals surface area contributed by atoms with E-state index in [9.17, 15) is 4.79 Å². The van der Waals surface area contributed by atoms with E-state index in [4.69, 9.17) is 4.52 Å². The lowest BCUT2D eigenvalue weighted by molar-refractivity contribution is 0.0693. The average Bonchev–Trinajstić information content (AvgIpc) is 3.37. The van der Waals surface area contributed by atoms with Crippen LogP contribution in [0.4, 0.5) is 0 Å². The lowest BCUT2D eigenvalue weighted by Gasteiger charge is -2.31. The number of amides is 1. The van der Waals surface area contributed by atoms with Gasteiger partial charge in [-0.2, -0.15) is 0 Å². The number of imidazole rings is 1. The fourth-order valence-corrected chi connectivity index (χ4v) is 3.59. The summed E-state index contributed by atoms with van der Waals surface area (Å²) in [7, 11) is 1.98. The van der Waals surface area contributed by atoms with Crippen LogP contribution in [0.3, 0.4) is 0 Å². The van der Waals surface area contributed by atoms with Crippen molar-refractivity contribution in [1.29, 1.82) is 0 Å². The van der Waals surface area contributed by atoms with Gasteiger partial charge in [0.25, 0.3) is 5.91 Å². The van der Waals surface area contributed by atoms with Gasteiger partial charge in [0.1, 0.15) is 17.4 Å². The van der Waals surface area contributed by atoms with Crippen molar-refractivity contribution in [3.05, 3.63) is 47.4 Å². The van der Waals surface area contributed by atoms with Crippen LogP contribution in [0.15, 0.2) is 23.0 Å². The van der Waals surface area contributed by atoms with Crippen molar-refractivity contribution in [2.45, 2.75) is 39.2 Å². The molecule has 1 fully saturated rings. The van der Waals surface area contributed by atoms with E-state index in [1.54, 1.807) is 19.2 Å². The van der Waals surface area contributed by atoms with Crippen LogP contribution in [0.2, 0.25) is 0 Å². The lowest BCUT2D eigenvalue weighted by Crippen LogP contribution is -2.39. The number of aryl methyl sites for hydroxylation is 2. The van der Waals surface area contributed by atoms with Gasteiger partial charge in [0.05, 0.1) is 6.54 Å². The Kier molecular flexibility index (Phi) is 4.51. The molecule has 0 N–H and O–H groups in total. The second kappa shape index (κ2) is 6.98. The van der Waals surface area contributed by atoms with E-state index in [2.05, 4.69) is 20.3 Å². The molecular formula is C18H23N7O2. The largest absolute Gasteiger partial charge is 0.361 e. The summed E-state index contributed by atoms with van der Waals surface area (Å²) in [4.78, 5) is 18.8. The summed E-state index contributed by atoms with van der Waals surface area (Å²) in [6.45, 7) is 5.71. The molecule has 0 aliphatic carbocycles. The molecule has 1 amide bonds. The predicted molar refractivity (Wildman–Crippen MR) is 96.2 cm³/mol. The van der Waals surface area contributed by atoms with Crippen molar-refractivity contribution in [3.8, 4) is 0 Å². The summed E-state index contributed by atoms with van der Waals surface area (Å²) >= 11 is 0. The molecule has 9 nitrogen and oxygen atoms in total. The fraction of sp³-hybridized carbons (Fsp3) is 0.500. The van der Waals surface area contributed by atoms with Crippen molar-refractivity contribution in [1.82, 2.24) is 34.4 Å². The summed E-state index contributed by atoms with van der Waals surface area (Å²) < 4.78 is 9.12. The zero-order valence-electron chi connectivity index (χ0n) is 15.8. The number of piperidine rings is 1. The van der Waals surface area contributed by atoms with Crippen LogP contribution in [-0.4, -0.2) is 53.4 Å². The van der Waals surface area contributed by atoms with Gasteiger partial charge in [0.2, 0.25) is 0 Å². The lowest BCUT2D eigenvalue weighted by atomic mass is 9.97. The Morgan fingerprint density at radius 1 is 1.33 bits per heavy atom. The SMILES string of the molecule is Cc1cc(C(=O)N2CCC[C@@H](c3nnc(Cn4ccnc4C)n3C)C2)no1. The first-order valence-electron chi connectivity index (χ1n) is 9.11. The highest BCUT2D eigenvalue weighted by Gasteiger charge is 2.30. The molecule has 1 aliphatic heterocycles. The quantitative estimate of drug-likeness (QED) is 0.694. The van der Waals surface area contributed by atoms with E-state index in [0.29, 0.717) is 24.5 Å². The van der Waals surface area contributed by atoms with E-state index in [-0.39, 0.29) is 11.8 Å². The van der Waals surface area contributed by atoms with Crippen LogP contribution in [-0.2, 0) is 13.6 Å². The molecule has 0 saturated carbocycles. The highest BCUT2D eigenvalue weighted by atomic mass is 16.5. The number of nitrogens with zero attached hydrogens (tertiary/aromatic N) is 7. The Morgan fingerprint density at radius 3 is 2.89 bits per heavy atom. The first-order chi connectivity index (χ1) is 13.0. The van der Waals surface area contributed by atoms with E-state index in [1.807, 2.05) is 34.2 Å². The van der Waals surface area contributed by atoms with Crippen LogP contribution in [0.25, 0.3) is 0 Å². The molecule has 0 spiro atoms. The molecule has 1 atom stereocenters. The maximum atomic E-state index is 12.7. The zero-order valence-corrected chi connectivity index (χ0v) is 15.8. The van der Waals surface area contributed by atoms with E-state index < -0.39 is 0 Å². The monoisotopic (exact) mass is 369 g/mol. The predicted octanol–water partition coefficient (Wildman–Crippen LogP) is 1.68. The fourth-order valence-electron chi connectivity index (χ4n) is 3.59. The molecule has 4 rings (SSSR count). The highest BCUT2D eigenvalue weighted by molar-refractivity contribution is 5.92. The first kappa shape index (κ1) is 17.4. The second-order valence-electron chi connectivity index (χ2n) is 7.05. The van der Waals surface area contributed by atoms with Gasteiger partial charge in [-0.3, -0.25) is 4.79 Å². The number of carbonyl (C=O) groups is 1. The van der Waals surface area contributed by atoms with Gasteiger partial charge in [-0.1, -0.05) is 5.16 Å². The molecule has 27 heavy (non-hydrogen) atoms. The Morgan fingerprint density at radius 2 is 2.19 bits per heavy atom. The zero-order chi connectivity index (χ0) is 19.0. The second-order valence-corrected chi connectivity index (χ2v) is 7.05. The van der Waals surface area contributed by atoms with Crippen LogP contribution in [0.1, 0.15) is 52.5 Å². The van der Waals surface area contributed by atoms with Crippen LogP contribution in [0, 0.1) is 13.8 Å². The molecule has 0 unspecified atom stereocenters. The first-order valence-corrected chi connectivity index (χ1v) is 9.11. The molecule has 0 bridgehead atoms. The van der Waals surface area contributed by atoms with Gasteiger partial charge in [-0.15, -0.1) is 10.2 Å². The standard InChI is InChI=1S/C18H23N7O2/c1-12-9-15(22-27-12)18(26)25-7-4-5-14(10-25)17-21-20-16(23(17)3)11-24-8-6-19-13(24)2/h6,8-9,14H,4-5,7,10-11H2,1-3H3/t14-/m1/s1. The number of aromatic nitrogens is 6. The van der Waals surface area contributed by atoms with Crippen molar-refractivity contribution in [2.75, 3.05) is 13.1 Å². The smallest absolute Gasteiger partial charge is 0.276 e. The third-order valence-electron chi connectivity index (χ3n) is 5.15. The Bertz CT molecular complexity index is 955. The minimum atomic E-state index is -0.0898. The van der Waals surface area contributed by atoms with Gasteiger partial charge >= 0.3 is 0 Å². The van der Waals surface area contributed by atoms with Gasteiger partial charge in [0.15, 0.2) is 11.5 Å². The molecule has 1 aliphatic rings. The highest BCUT2D eigenvalue weighted by Crippen LogP contribution is 2.27. The average molecular weight is 369 g/mol. The molecule has 1 saturated heterocycles. The van der Waals surface area contributed by atoms with Crippen molar-refractivity contribution in [3.63, 3.8) is 0 Å². The molecule has 142 valence electrons. The number of rotatable bonds is 4. The van der Waals surface area contributed by atoms with E-state index in [0.717, 1.165) is 36.9 Å². The van der Waals surface area contributed by atoms with Crippen molar-refractivity contribution in [2.24, 2.45) is 7.05 Å². The molecule has 0 aromatic carbocycles. The maximum Gasteiger partial charge on any atom is 0.276 e. The summed E-state index contributed by atoms with van der Waals surface area (Å²) in [5.41, 5.74) is 0.363. The Hall–Kier alpha value is -2.97. The van der Waals surface area contributed by atoms with Crippen LogP contribution < -0.4 is 0 Å². The third-order valence-corrected chi connectivity index (χ3v) is 5.15. The minimum absolute atomic E-state index is 0.0898. The summed E-state index contributed by atoms with van der Waals surface area (Å²) in [6, 6.07) is 1.68. The van der Waals surface area contributed by atoms with Gasteiger partial charge in [-0.05, 0) is 26.7 Å². The number of hydrogen-bond acceptors (Lipinski definition) is 6. The van der Waals surface area contributed by atoms with Crippen molar-refractivity contribution >= 4 is 5.91 Å². The van der Waals surface area contributed by atoms with Crippen molar-refractivity contribution < 1.29 is 9.32 Å². The normalized spacial score (nSPS) is 17.4. The summed E-state index contributed by atoms with van der Waals surface area (Å²) in [5.74, 6) is 3.44. The molecule has 4 heterocycles. The number of likely N-dealkylation sites (tertiary alicyclic amines) is 1.